The van der Waals surface area contributed by atoms with Crippen LogP contribution in [0.15, 0.2) is 41.6 Å². The number of halogens is 1. The van der Waals surface area contributed by atoms with Crippen LogP contribution in [0.2, 0.25) is 0 Å². The minimum Gasteiger partial charge on any atom is -0.351 e. The molecule has 4 nitrogen and oxygen atoms in total. The number of rotatable bonds is 2. The molecule has 3 aliphatic heterocycles. The van der Waals surface area contributed by atoms with Crippen molar-refractivity contribution in [1.29, 1.82) is 0 Å². The highest BCUT2D eigenvalue weighted by Gasteiger charge is 2.55. The van der Waals surface area contributed by atoms with E-state index in [1.54, 1.807) is 0 Å². The second-order valence-corrected chi connectivity index (χ2v) is 8.07. The maximum Gasteiger partial charge on any atom is 0.268 e. The highest BCUT2D eigenvalue weighted by molar-refractivity contribution is 6.68. The molecule has 3 aliphatic rings. The van der Waals surface area contributed by atoms with Crippen molar-refractivity contribution in [3.63, 3.8) is 0 Å². The summed E-state index contributed by atoms with van der Waals surface area (Å²) in [5.74, 6) is 0. The molecule has 2 atom stereocenters. The third kappa shape index (κ3) is 2.32. The number of hydrogen-bond acceptors (Lipinski definition) is 4. The van der Waals surface area contributed by atoms with E-state index in [4.69, 9.17) is 17.3 Å². The van der Waals surface area contributed by atoms with Gasteiger partial charge < -0.3 is 11.1 Å². The van der Waals surface area contributed by atoms with Crippen LogP contribution in [0.25, 0.3) is 5.57 Å². The first-order valence-corrected chi connectivity index (χ1v) is 9.84. The molecule has 0 spiro atoms. The third-order valence-corrected chi connectivity index (χ3v) is 6.95. The Morgan fingerprint density at radius 1 is 1.35 bits per heavy atom. The fraction of sp³-hybridized carbons (Fsp3) is 0.476. The number of carbonyl (C=O) groups is 1. The van der Waals surface area contributed by atoms with Crippen LogP contribution in [0.4, 0.5) is 5.69 Å². The summed E-state index contributed by atoms with van der Waals surface area (Å²) in [7, 11) is 0. The topological polar surface area (TPSA) is 58.4 Å². The van der Waals surface area contributed by atoms with Gasteiger partial charge >= 0.3 is 0 Å². The Kier molecular flexibility index (Phi) is 4.25. The summed E-state index contributed by atoms with van der Waals surface area (Å²) in [4.78, 5) is 14.7. The number of nitrogens with two attached hydrogens (primary N) is 1. The van der Waals surface area contributed by atoms with Crippen molar-refractivity contribution in [3.8, 4) is 0 Å². The summed E-state index contributed by atoms with van der Waals surface area (Å²) in [6.45, 7) is 6.28. The van der Waals surface area contributed by atoms with Crippen molar-refractivity contribution in [1.82, 2.24) is 4.90 Å². The quantitative estimate of drug-likeness (QED) is 0.769. The number of piperidine rings is 1. The van der Waals surface area contributed by atoms with Gasteiger partial charge in [-0.25, -0.2) is 0 Å². The average Bonchev–Trinajstić information content (AvgIpc) is 2.66. The van der Waals surface area contributed by atoms with Crippen LogP contribution in [-0.2, 0) is 4.79 Å². The fourth-order valence-electron chi connectivity index (χ4n) is 5.32. The zero-order chi connectivity index (χ0) is 18.5. The number of benzene rings is 1. The molecule has 1 aromatic carbocycles. The van der Waals surface area contributed by atoms with Crippen LogP contribution in [-0.4, -0.2) is 28.9 Å². The van der Waals surface area contributed by atoms with Crippen LogP contribution in [0.5, 0.6) is 0 Å². The third-order valence-electron chi connectivity index (χ3n) is 6.75. The van der Waals surface area contributed by atoms with Crippen molar-refractivity contribution in [2.24, 2.45) is 11.1 Å². The maximum atomic E-state index is 12.2. The van der Waals surface area contributed by atoms with Crippen LogP contribution in [0, 0.1) is 5.41 Å². The second-order valence-electron chi connectivity index (χ2n) is 7.72. The number of allylic oxidation sites excluding steroid dienone is 1. The number of anilines is 1. The normalized spacial score (nSPS) is 33.2. The molecule has 26 heavy (non-hydrogen) atoms. The van der Waals surface area contributed by atoms with Crippen molar-refractivity contribution in [2.45, 2.75) is 45.2 Å². The Morgan fingerprint density at radius 3 is 2.85 bits per heavy atom. The van der Waals surface area contributed by atoms with Gasteiger partial charge in [0.05, 0.1) is 5.70 Å². The molecular formula is C21H26ClN3O. The number of carbonyl (C=O) groups excluding carboxylic acids is 1. The van der Waals surface area contributed by atoms with Crippen molar-refractivity contribution < 1.29 is 4.79 Å². The Hall–Kier alpha value is -1.62. The largest absolute Gasteiger partial charge is 0.351 e. The van der Waals surface area contributed by atoms with Crippen LogP contribution in [0.1, 0.15) is 45.1 Å². The number of nitrogens with zero attached hydrogens (tertiary/aromatic N) is 1. The smallest absolute Gasteiger partial charge is 0.268 e. The van der Waals surface area contributed by atoms with Gasteiger partial charge in [0.2, 0.25) is 0 Å². The fourth-order valence-corrected chi connectivity index (χ4v) is 5.42. The Morgan fingerprint density at radius 2 is 2.12 bits per heavy atom. The lowest BCUT2D eigenvalue weighted by atomic mass is 9.61. The molecule has 1 saturated heterocycles. The van der Waals surface area contributed by atoms with Crippen LogP contribution < -0.4 is 11.1 Å². The molecule has 1 fully saturated rings. The molecule has 3 N–H and O–H groups in total. The minimum absolute atomic E-state index is 0.323. The SMILES string of the molecule is CC[C@]12/C=C(/C(=O)Cl)Nc3ccccc3C3=C(C)[C@@]1(N)N(CCC2)CC3. The number of para-hydroxylation sites is 1. The van der Waals surface area contributed by atoms with Gasteiger partial charge in [-0.3, -0.25) is 9.69 Å². The standard InChI is InChI=1S/C21H26ClN3O/c1-3-20-10-6-11-25-12-9-15(14(2)21(20,25)23)16-7-4-5-8-17(16)24-18(13-20)19(22)26/h4-5,7-8,13,24H,3,6,9-12,23H2,1-2H3/b18-13-/t20-,21+/m0/s1. The van der Waals surface area contributed by atoms with Crippen molar-refractivity contribution >= 4 is 28.1 Å². The van der Waals surface area contributed by atoms with Gasteiger partial charge in [-0.1, -0.05) is 25.1 Å². The summed E-state index contributed by atoms with van der Waals surface area (Å²) in [5, 5.41) is 2.86. The lowest BCUT2D eigenvalue weighted by Crippen LogP contribution is -2.70. The molecule has 0 saturated carbocycles. The van der Waals surface area contributed by atoms with Gasteiger partial charge in [-0.15, -0.1) is 0 Å². The molecule has 138 valence electrons. The Bertz CT molecular complexity index is 830. The lowest BCUT2D eigenvalue weighted by Gasteiger charge is -2.59. The number of nitrogens with one attached hydrogen (secondary N) is 1. The van der Waals surface area contributed by atoms with E-state index in [2.05, 4.69) is 30.1 Å². The maximum absolute atomic E-state index is 12.2. The van der Waals surface area contributed by atoms with E-state index in [0.29, 0.717) is 5.70 Å². The predicted octanol–water partition coefficient (Wildman–Crippen LogP) is 4.09. The molecule has 3 heterocycles. The summed E-state index contributed by atoms with van der Waals surface area (Å²) in [5.41, 5.74) is 11.3. The Balaban J connectivity index is 2.07. The molecule has 5 heteroatoms. The zero-order valence-electron chi connectivity index (χ0n) is 15.4. The highest BCUT2D eigenvalue weighted by Crippen LogP contribution is 2.54. The first-order valence-electron chi connectivity index (χ1n) is 9.46. The Labute approximate surface area is 160 Å². The van der Waals surface area contributed by atoms with Gasteiger partial charge in [0.25, 0.3) is 5.24 Å². The second kappa shape index (κ2) is 6.22. The van der Waals surface area contributed by atoms with Crippen molar-refractivity contribution in [3.05, 3.63) is 47.2 Å². The average molecular weight is 372 g/mol. The van der Waals surface area contributed by atoms with E-state index >= 15 is 0 Å². The van der Waals surface area contributed by atoms with Crippen LogP contribution in [0.3, 0.4) is 0 Å². The monoisotopic (exact) mass is 371 g/mol. The molecular weight excluding hydrogens is 346 g/mol. The highest BCUT2D eigenvalue weighted by atomic mass is 35.5. The molecule has 0 radical (unpaired) electrons. The minimum atomic E-state index is -0.593. The summed E-state index contributed by atoms with van der Waals surface area (Å²) < 4.78 is 0. The molecule has 0 amide bonds. The molecule has 2 bridgehead atoms. The molecule has 1 aromatic rings. The van der Waals surface area contributed by atoms with E-state index < -0.39 is 10.9 Å². The van der Waals surface area contributed by atoms with Crippen LogP contribution >= 0.6 is 11.6 Å². The summed E-state index contributed by atoms with van der Waals surface area (Å²) in [6.07, 6.45) is 5.88. The molecule has 0 aromatic heterocycles. The van der Waals surface area contributed by atoms with E-state index in [0.717, 1.165) is 50.0 Å². The van der Waals surface area contributed by atoms with Crippen molar-refractivity contribution in [2.75, 3.05) is 18.4 Å². The predicted molar refractivity (Wildman–Crippen MR) is 107 cm³/mol. The van der Waals surface area contributed by atoms with Gasteiger partial charge in [0.1, 0.15) is 5.66 Å². The zero-order valence-corrected chi connectivity index (χ0v) is 16.2. The van der Waals surface area contributed by atoms with Gasteiger partial charge in [0, 0.05) is 29.8 Å². The van der Waals surface area contributed by atoms with E-state index in [1.165, 1.54) is 11.1 Å². The van der Waals surface area contributed by atoms with E-state index in [9.17, 15) is 4.79 Å². The summed E-state index contributed by atoms with van der Waals surface area (Å²) in [6, 6.07) is 8.13. The summed E-state index contributed by atoms with van der Waals surface area (Å²) >= 11 is 5.98. The van der Waals surface area contributed by atoms with Gasteiger partial charge in [-0.2, -0.15) is 0 Å². The van der Waals surface area contributed by atoms with Gasteiger partial charge in [0.15, 0.2) is 0 Å². The molecule has 0 aliphatic carbocycles. The lowest BCUT2D eigenvalue weighted by molar-refractivity contribution is -0.108. The number of hydrogen-bond donors (Lipinski definition) is 2. The molecule has 4 rings (SSSR count). The first kappa shape index (κ1) is 17.8. The first-order chi connectivity index (χ1) is 12.4. The van der Waals surface area contributed by atoms with E-state index in [1.807, 2.05) is 24.3 Å². The van der Waals surface area contributed by atoms with E-state index in [-0.39, 0.29) is 5.41 Å². The molecule has 0 unspecified atom stereocenters. The number of fused-ring (bicyclic) bond motifs is 2. The van der Waals surface area contributed by atoms with Gasteiger partial charge in [-0.05, 0) is 67.5 Å².